The Labute approximate surface area is 224 Å². The summed E-state index contributed by atoms with van der Waals surface area (Å²) in [5.41, 5.74) is 6.49. The molecule has 0 radical (unpaired) electrons. The van der Waals surface area contributed by atoms with Crippen LogP contribution in [0.25, 0.3) is 33.0 Å². The maximum Gasteiger partial charge on any atom is 0.332 e. The molecule has 0 fully saturated rings. The molecule has 8 nitrogen and oxygen atoms in total. The van der Waals surface area contributed by atoms with Crippen LogP contribution in [0.15, 0.2) is 16.9 Å². The average Bonchev–Trinajstić information content (AvgIpc) is 3.24. The van der Waals surface area contributed by atoms with Crippen molar-refractivity contribution in [2.45, 2.75) is 72.1 Å². The Hall–Kier alpha value is -3.56. The number of aromatic nitrogens is 2. The van der Waals surface area contributed by atoms with E-state index in [0.717, 1.165) is 57.8 Å². The summed E-state index contributed by atoms with van der Waals surface area (Å²) in [6.07, 6.45) is 2.97. The van der Waals surface area contributed by atoms with E-state index in [4.69, 9.17) is 14.8 Å². The van der Waals surface area contributed by atoms with Crippen molar-refractivity contribution in [1.82, 2.24) is 20.0 Å². The number of carbonyl (C=O) groups is 1. The lowest BCUT2D eigenvalue weighted by molar-refractivity contribution is -0.148. The van der Waals surface area contributed by atoms with Gasteiger partial charge in [0.05, 0.1) is 39.2 Å². The molecule has 4 aromatic rings. The third-order valence-corrected chi connectivity index (χ3v) is 8.12. The van der Waals surface area contributed by atoms with Crippen LogP contribution in [0.1, 0.15) is 67.5 Å². The van der Waals surface area contributed by atoms with Crippen LogP contribution >= 0.6 is 0 Å². The quantitative estimate of drug-likeness (QED) is 0.300. The van der Waals surface area contributed by atoms with Crippen LogP contribution in [0.2, 0.25) is 0 Å². The normalized spacial score (nSPS) is 16.2. The van der Waals surface area contributed by atoms with Gasteiger partial charge in [-0.05, 0) is 54.5 Å². The van der Waals surface area contributed by atoms with Crippen LogP contribution in [0.4, 0.5) is 4.39 Å². The van der Waals surface area contributed by atoms with Gasteiger partial charge in [-0.15, -0.1) is 0 Å². The highest BCUT2D eigenvalue weighted by molar-refractivity contribution is 6.08. The van der Waals surface area contributed by atoms with E-state index in [1.807, 2.05) is 19.9 Å². The molecular weight excluding hydrogens is 499 g/mol. The fourth-order valence-electron chi connectivity index (χ4n) is 6.32. The number of ether oxygens (including phenoxy) is 1. The van der Waals surface area contributed by atoms with E-state index in [2.05, 4.69) is 24.5 Å². The number of esters is 1. The number of aliphatic hydroxyl groups is 1. The zero-order chi connectivity index (χ0) is 27.6. The molecule has 4 heterocycles. The van der Waals surface area contributed by atoms with E-state index in [0.29, 0.717) is 40.6 Å². The predicted octanol–water partition coefficient (Wildman–Crippen LogP) is 2.85. The molecular formula is C30H33FN4O4. The number of benzene rings is 1. The van der Waals surface area contributed by atoms with Crippen LogP contribution in [0, 0.1) is 12.7 Å². The van der Waals surface area contributed by atoms with Gasteiger partial charge in [0, 0.05) is 29.4 Å². The summed E-state index contributed by atoms with van der Waals surface area (Å²) < 4.78 is 21.9. The van der Waals surface area contributed by atoms with Gasteiger partial charge in [0.15, 0.2) is 0 Å². The van der Waals surface area contributed by atoms with Crippen LogP contribution in [-0.2, 0) is 29.0 Å². The summed E-state index contributed by atoms with van der Waals surface area (Å²) in [5.74, 6) is -1.05. The van der Waals surface area contributed by atoms with Crippen LogP contribution in [0.5, 0.6) is 0 Å². The number of aliphatic hydroxyl groups excluding tert-OH is 1. The Balaban J connectivity index is 1.78. The Bertz CT molecular complexity index is 1790. The van der Waals surface area contributed by atoms with Gasteiger partial charge in [0.25, 0.3) is 5.56 Å². The average molecular weight is 533 g/mol. The Morgan fingerprint density at radius 2 is 2.13 bits per heavy atom. The standard InChI is InChI=1S/C30H33FN4O4/c1-5-6-16-9-23-28-27-26-20(8-7-17-15(4)19(31)10-21(34-28)25(17)26)33-22(11-32-14(2)3)29(27)35(23)30(38)18(16)13-39-24(37)12-36/h9-10,14,20,32-33,36H,5-8,11-13H2,1-4H3. The molecule has 9 heteroatoms. The van der Waals surface area contributed by atoms with Crippen LogP contribution in [0.3, 0.4) is 0 Å². The summed E-state index contributed by atoms with van der Waals surface area (Å²) in [5, 5.41) is 19.0. The lowest BCUT2D eigenvalue weighted by atomic mass is 9.81. The molecule has 0 spiro atoms. The van der Waals surface area contributed by atoms with Crippen molar-refractivity contribution in [3.8, 4) is 0 Å². The van der Waals surface area contributed by atoms with E-state index in [1.165, 1.54) is 6.07 Å². The first-order valence-electron chi connectivity index (χ1n) is 13.7. The monoisotopic (exact) mass is 532 g/mol. The number of pyridine rings is 2. The van der Waals surface area contributed by atoms with Crippen molar-refractivity contribution in [1.29, 1.82) is 0 Å². The zero-order valence-electron chi connectivity index (χ0n) is 22.7. The number of aryl methyl sites for hydroxylation is 2. The van der Waals surface area contributed by atoms with Crippen molar-refractivity contribution in [2.75, 3.05) is 13.2 Å². The molecule has 3 N–H and O–H groups in total. The molecule has 3 aromatic heterocycles. The first kappa shape index (κ1) is 25.7. The first-order chi connectivity index (χ1) is 18.7. The maximum atomic E-state index is 15.0. The second-order valence-electron chi connectivity index (χ2n) is 10.9. The van der Waals surface area contributed by atoms with Gasteiger partial charge in [-0.3, -0.25) is 9.20 Å². The zero-order valence-corrected chi connectivity index (χ0v) is 22.7. The molecule has 39 heavy (non-hydrogen) atoms. The highest BCUT2D eigenvalue weighted by Gasteiger charge is 2.34. The summed E-state index contributed by atoms with van der Waals surface area (Å²) in [6.45, 7) is 7.57. The second kappa shape index (κ2) is 9.57. The number of fused-ring (bicyclic) bond motifs is 3. The van der Waals surface area contributed by atoms with Gasteiger partial charge in [0.1, 0.15) is 19.0 Å². The summed E-state index contributed by atoms with van der Waals surface area (Å²) in [6, 6.07) is 3.74. The molecule has 204 valence electrons. The molecule has 1 aromatic carbocycles. The number of hydrogen-bond acceptors (Lipinski definition) is 7. The Kier molecular flexibility index (Phi) is 6.31. The second-order valence-corrected chi connectivity index (χ2v) is 10.9. The van der Waals surface area contributed by atoms with Gasteiger partial charge >= 0.3 is 5.97 Å². The Morgan fingerprint density at radius 1 is 1.33 bits per heavy atom. The van der Waals surface area contributed by atoms with Crippen molar-refractivity contribution in [3.05, 3.63) is 61.5 Å². The highest BCUT2D eigenvalue weighted by Crippen LogP contribution is 2.43. The highest BCUT2D eigenvalue weighted by atomic mass is 19.1. The van der Waals surface area contributed by atoms with E-state index in [1.54, 1.807) is 4.40 Å². The summed E-state index contributed by atoms with van der Waals surface area (Å²) in [7, 11) is 0. The van der Waals surface area contributed by atoms with Gasteiger partial charge in [-0.25, -0.2) is 14.2 Å². The fraction of sp³-hybridized carbons (Fsp3) is 0.433. The molecule has 2 aliphatic rings. The van der Waals surface area contributed by atoms with E-state index >= 15 is 0 Å². The molecule has 1 atom stereocenters. The van der Waals surface area contributed by atoms with Gasteiger partial charge < -0.3 is 20.5 Å². The van der Waals surface area contributed by atoms with Crippen molar-refractivity contribution in [3.63, 3.8) is 0 Å². The third-order valence-electron chi connectivity index (χ3n) is 8.12. The van der Waals surface area contributed by atoms with Gasteiger partial charge in [0.2, 0.25) is 0 Å². The van der Waals surface area contributed by atoms with E-state index in [-0.39, 0.29) is 30.1 Å². The molecule has 1 unspecified atom stereocenters. The van der Waals surface area contributed by atoms with Crippen LogP contribution < -0.4 is 21.5 Å². The van der Waals surface area contributed by atoms with Crippen LogP contribution in [-0.4, -0.2) is 39.7 Å². The first-order valence-corrected chi connectivity index (χ1v) is 13.7. The van der Waals surface area contributed by atoms with E-state index in [9.17, 15) is 14.0 Å². The lowest BCUT2D eigenvalue weighted by Gasteiger charge is -2.32. The van der Waals surface area contributed by atoms with Crippen molar-refractivity contribution in [2.24, 2.45) is 0 Å². The number of halogens is 1. The molecule has 0 amide bonds. The number of nitrogens with one attached hydrogen (secondary N) is 2. The van der Waals surface area contributed by atoms with Gasteiger partial charge in [-0.1, -0.05) is 27.2 Å². The molecule has 1 aliphatic heterocycles. The smallest absolute Gasteiger partial charge is 0.332 e. The number of rotatable bonds is 8. The summed E-state index contributed by atoms with van der Waals surface area (Å²) in [4.78, 5) is 31.0. The fourth-order valence-corrected chi connectivity index (χ4v) is 6.32. The molecule has 0 saturated heterocycles. The number of nitrogens with zero attached hydrogens (tertiary/aromatic N) is 2. The minimum atomic E-state index is -0.781. The molecule has 0 bridgehead atoms. The van der Waals surface area contributed by atoms with E-state index < -0.39 is 12.6 Å². The van der Waals surface area contributed by atoms with Gasteiger partial charge in [-0.2, -0.15) is 0 Å². The lowest BCUT2D eigenvalue weighted by Crippen LogP contribution is -2.42. The molecule has 1 aliphatic carbocycles. The maximum absolute atomic E-state index is 15.0. The number of hydrogen-bond donors (Lipinski definition) is 3. The molecule has 6 rings (SSSR count). The number of carbonyl (C=O) groups excluding carboxylic acids is 1. The predicted molar refractivity (Wildman–Crippen MR) is 148 cm³/mol. The largest absolute Gasteiger partial charge is 0.459 e. The Morgan fingerprint density at radius 3 is 2.85 bits per heavy atom. The molecule has 0 saturated carbocycles. The van der Waals surface area contributed by atoms with Crippen molar-refractivity contribution < 1.29 is 19.0 Å². The van der Waals surface area contributed by atoms with Crippen molar-refractivity contribution >= 4 is 39.0 Å². The third kappa shape index (κ3) is 3.90. The minimum absolute atomic E-state index is 0.0272. The topological polar surface area (TPSA) is 105 Å². The SMILES string of the molecule is CCCc1cc2c3nc4cc(F)c(C)c5c4c4c3c(n2c(=O)c1COC(=O)CO)=C(CNC(C)C)NC4CC5. The minimum Gasteiger partial charge on any atom is -0.459 e. The summed E-state index contributed by atoms with van der Waals surface area (Å²) >= 11 is 0.